The van der Waals surface area contributed by atoms with E-state index in [2.05, 4.69) is 15.6 Å². The van der Waals surface area contributed by atoms with Gasteiger partial charge in [0.25, 0.3) is 0 Å². The number of hydrogen-bond acceptors (Lipinski definition) is 2. The Hall–Kier alpha value is -2.08. The molecule has 0 spiro atoms. The molecule has 0 aliphatic carbocycles. The largest absolute Gasteiger partial charge is 0.357 e. The van der Waals surface area contributed by atoms with Gasteiger partial charge in [0.2, 0.25) is 0 Å². The minimum Gasteiger partial charge on any atom is -0.357 e. The molecule has 0 amide bonds. The number of nitrogens with one attached hydrogen (secondary N) is 2. The zero-order valence-electron chi connectivity index (χ0n) is 9.86. The normalized spacial score (nSPS) is 10.0. The second-order valence-electron chi connectivity index (χ2n) is 3.76. The van der Waals surface area contributed by atoms with Gasteiger partial charge in [0, 0.05) is 18.0 Å². The van der Waals surface area contributed by atoms with Gasteiger partial charge in [-0.3, -0.25) is 4.98 Å². The predicted octanol–water partition coefficient (Wildman–Crippen LogP) is 2.85. The van der Waals surface area contributed by atoms with E-state index in [0.29, 0.717) is 17.3 Å². The highest BCUT2D eigenvalue weighted by atomic mass is 32.1. The fraction of sp³-hybridized carbons (Fsp3) is 0.0769. The number of nitrogens with zero attached hydrogens (tertiary/aromatic N) is 1. The van der Waals surface area contributed by atoms with Crippen molar-refractivity contribution >= 4 is 23.0 Å². The van der Waals surface area contributed by atoms with E-state index >= 15 is 0 Å². The minimum atomic E-state index is -0.919. The molecule has 98 valence electrons. The maximum Gasteiger partial charge on any atom is 0.171 e. The van der Waals surface area contributed by atoms with E-state index in [0.717, 1.165) is 17.8 Å². The molecule has 0 atom stereocenters. The molecule has 0 radical (unpaired) electrons. The highest BCUT2D eigenvalue weighted by molar-refractivity contribution is 7.80. The molecule has 0 saturated heterocycles. The lowest BCUT2D eigenvalue weighted by Crippen LogP contribution is -2.28. The summed E-state index contributed by atoms with van der Waals surface area (Å²) in [5.41, 5.74) is 1.22. The molecule has 0 saturated carbocycles. The summed E-state index contributed by atoms with van der Waals surface area (Å²) in [6.45, 7) is 0.455. The Labute approximate surface area is 114 Å². The van der Waals surface area contributed by atoms with Crippen molar-refractivity contribution in [3.8, 4) is 0 Å². The average Bonchev–Trinajstić information content (AvgIpc) is 2.42. The fourth-order valence-electron chi connectivity index (χ4n) is 1.42. The molecular formula is C13H11F2N3S. The van der Waals surface area contributed by atoms with Crippen molar-refractivity contribution in [3.63, 3.8) is 0 Å². The van der Waals surface area contributed by atoms with Gasteiger partial charge in [-0.2, -0.15) is 0 Å². The van der Waals surface area contributed by atoms with Crippen LogP contribution in [0, 0.1) is 11.6 Å². The Morgan fingerprint density at radius 1 is 1.16 bits per heavy atom. The van der Waals surface area contributed by atoms with Crippen molar-refractivity contribution in [3.05, 3.63) is 59.9 Å². The first-order chi connectivity index (χ1) is 9.15. The van der Waals surface area contributed by atoms with Crippen LogP contribution in [0.15, 0.2) is 42.6 Å². The third-order valence-electron chi connectivity index (χ3n) is 2.33. The Bertz CT molecular complexity index is 575. The number of pyridine rings is 1. The Morgan fingerprint density at radius 3 is 2.68 bits per heavy atom. The van der Waals surface area contributed by atoms with E-state index in [4.69, 9.17) is 12.2 Å². The van der Waals surface area contributed by atoms with Gasteiger partial charge in [0.15, 0.2) is 16.7 Å². The van der Waals surface area contributed by atoms with Crippen LogP contribution >= 0.6 is 12.2 Å². The van der Waals surface area contributed by atoms with Crippen LogP contribution in [-0.2, 0) is 6.54 Å². The van der Waals surface area contributed by atoms with E-state index in [9.17, 15) is 8.78 Å². The van der Waals surface area contributed by atoms with Crippen LogP contribution in [0.25, 0.3) is 0 Å². The first-order valence-electron chi connectivity index (χ1n) is 5.55. The molecule has 0 aliphatic heterocycles. The van der Waals surface area contributed by atoms with Gasteiger partial charge in [-0.1, -0.05) is 6.07 Å². The molecule has 0 bridgehead atoms. The number of hydrogen-bond donors (Lipinski definition) is 2. The van der Waals surface area contributed by atoms with Crippen LogP contribution < -0.4 is 10.6 Å². The summed E-state index contributed by atoms with van der Waals surface area (Å²) in [6.07, 6.45) is 1.68. The second-order valence-corrected chi connectivity index (χ2v) is 4.17. The molecule has 2 N–H and O–H groups in total. The second kappa shape index (κ2) is 6.19. The highest BCUT2D eigenvalue weighted by Crippen LogP contribution is 2.12. The zero-order chi connectivity index (χ0) is 13.7. The van der Waals surface area contributed by atoms with E-state index in [1.807, 2.05) is 18.2 Å². The third kappa shape index (κ3) is 3.96. The topological polar surface area (TPSA) is 37.0 Å². The van der Waals surface area contributed by atoms with E-state index in [1.54, 1.807) is 6.20 Å². The summed E-state index contributed by atoms with van der Waals surface area (Å²) < 4.78 is 25.7. The van der Waals surface area contributed by atoms with Gasteiger partial charge in [0.1, 0.15) is 0 Å². The van der Waals surface area contributed by atoms with E-state index in [-0.39, 0.29) is 0 Å². The summed E-state index contributed by atoms with van der Waals surface area (Å²) in [7, 11) is 0. The van der Waals surface area contributed by atoms with Gasteiger partial charge in [-0.05, 0) is 36.5 Å². The number of aromatic nitrogens is 1. The first kappa shape index (κ1) is 13.4. The van der Waals surface area contributed by atoms with E-state index in [1.165, 1.54) is 6.07 Å². The van der Waals surface area contributed by atoms with Crippen LogP contribution in [0.1, 0.15) is 5.69 Å². The standard InChI is InChI=1S/C13H11F2N3S/c14-11-5-4-9(7-12(11)15)18-13(19)17-8-10-3-1-2-6-16-10/h1-7H,8H2,(H2,17,18,19). The predicted molar refractivity (Wildman–Crippen MR) is 73.7 cm³/mol. The van der Waals surface area contributed by atoms with Gasteiger partial charge in [-0.25, -0.2) is 8.78 Å². The molecule has 1 heterocycles. The number of thiocarbonyl (C=S) groups is 1. The monoisotopic (exact) mass is 279 g/mol. The van der Waals surface area contributed by atoms with Crippen molar-refractivity contribution in [2.75, 3.05) is 5.32 Å². The lowest BCUT2D eigenvalue weighted by molar-refractivity contribution is 0.509. The molecule has 0 aliphatic rings. The van der Waals surface area contributed by atoms with Crippen molar-refractivity contribution in [1.82, 2.24) is 10.3 Å². The summed E-state index contributed by atoms with van der Waals surface area (Å²) in [6, 6.07) is 9.04. The maximum absolute atomic E-state index is 13.0. The number of benzene rings is 1. The van der Waals surface area contributed by atoms with Crippen LogP contribution in [0.5, 0.6) is 0 Å². The molecule has 19 heavy (non-hydrogen) atoms. The Kier molecular flexibility index (Phi) is 4.35. The van der Waals surface area contributed by atoms with Gasteiger partial charge in [0.05, 0.1) is 12.2 Å². The van der Waals surface area contributed by atoms with Crippen LogP contribution in [0.2, 0.25) is 0 Å². The molecule has 2 aromatic rings. The lowest BCUT2D eigenvalue weighted by atomic mass is 10.3. The van der Waals surface area contributed by atoms with Gasteiger partial charge >= 0.3 is 0 Å². The minimum absolute atomic E-state index is 0.316. The van der Waals surface area contributed by atoms with Crippen molar-refractivity contribution in [1.29, 1.82) is 0 Å². The van der Waals surface area contributed by atoms with Crippen molar-refractivity contribution < 1.29 is 8.78 Å². The first-order valence-corrected chi connectivity index (χ1v) is 5.96. The van der Waals surface area contributed by atoms with Gasteiger partial charge in [-0.15, -0.1) is 0 Å². The highest BCUT2D eigenvalue weighted by Gasteiger charge is 2.03. The maximum atomic E-state index is 13.0. The van der Waals surface area contributed by atoms with Crippen molar-refractivity contribution in [2.45, 2.75) is 6.54 Å². The molecule has 1 aromatic heterocycles. The number of halogens is 2. The van der Waals surface area contributed by atoms with Crippen LogP contribution in [0.4, 0.5) is 14.5 Å². The van der Waals surface area contributed by atoms with Crippen molar-refractivity contribution in [2.24, 2.45) is 0 Å². The Balaban J connectivity index is 1.89. The van der Waals surface area contributed by atoms with E-state index < -0.39 is 11.6 Å². The van der Waals surface area contributed by atoms with Crippen LogP contribution in [0.3, 0.4) is 0 Å². The lowest BCUT2D eigenvalue weighted by Gasteiger charge is -2.10. The fourth-order valence-corrected chi connectivity index (χ4v) is 1.61. The molecule has 3 nitrogen and oxygen atoms in total. The Morgan fingerprint density at radius 2 is 2.00 bits per heavy atom. The molecule has 1 aromatic carbocycles. The molecule has 6 heteroatoms. The summed E-state index contributed by atoms with van der Waals surface area (Å²) >= 11 is 5.05. The molecule has 0 fully saturated rings. The smallest absolute Gasteiger partial charge is 0.171 e. The SMILES string of the molecule is Fc1ccc(NC(=S)NCc2ccccn2)cc1F. The summed E-state index contributed by atoms with van der Waals surface area (Å²) in [4.78, 5) is 4.12. The summed E-state index contributed by atoms with van der Waals surface area (Å²) in [5, 5.41) is 6.01. The quantitative estimate of drug-likeness (QED) is 0.847. The van der Waals surface area contributed by atoms with Crippen LogP contribution in [-0.4, -0.2) is 10.1 Å². The molecule has 0 unspecified atom stereocenters. The average molecular weight is 279 g/mol. The van der Waals surface area contributed by atoms with Gasteiger partial charge < -0.3 is 10.6 Å². The third-order valence-corrected chi connectivity index (χ3v) is 2.58. The number of anilines is 1. The molecule has 2 rings (SSSR count). The molecular weight excluding hydrogens is 268 g/mol. The zero-order valence-corrected chi connectivity index (χ0v) is 10.7. The summed E-state index contributed by atoms with van der Waals surface area (Å²) in [5.74, 6) is -1.81. The number of rotatable bonds is 3.